The Balaban J connectivity index is 2.07. The van der Waals surface area contributed by atoms with Crippen LogP contribution >= 0.6 is 0 Å². The predicted molar refractivity (Wildman–Crippen MR) is 84.2 cm³/mol. The summed E-state index contributed by atoms with van der Waals surface area (Å²) in [6.45, 7) is 10.4. The van der Waals surface area contributed by atoms with E-state index in [1.165, 1.54) is 18.5 Å². The van der Waals surface area contributed by atoms with Crippen LogP contribution in [0.5, 0.6) is 5.75 Å². The second kappa shape index (κ2) is 7.09. The van der Waals surface area contributed by atoms with E-state index in [1.807, 2.05) is 0 Å². The summed E-state index contributed by atoms with van der Waals surface area (Å²) < 4.78 is 5.24. The molecule has 20 heavy (non-hydrogen) atoms. The highest BCUT2D eigenvalue weighted by molar-refractivity contribution is 5.28. The van der Waals surface area contributed by atoms with Crippen molar-refractivity contribution in [3.8, 4) is 5.75 Å². The summed E-state index contributed by atoms with van der Waals surface area (Å²) in [4.78, 5) is 2.60. The highest BCUT2D eigenvalue weighted by Crippen LogP contribution is 2.24. The highest BCUT2D eigenvalue weighted by atomic mass is 16.5. The van der Waals surface area contributed by atoms with E-state index in [1.54, 1.807) is 7.11 Å². The number of hydrogen-bond acceptors (Lipinski definition) is 3. The average Bonchev–Trinajstić information content (AvgIpc) is 2.72. The Hall–Kier alpha value is -1.06. The molecular formula is C17H28N2O. The first-order valence-electron chi connectivity index (χ1n) is 7.73. The van der Waals surface area contributed by atoms with Crippen LogP contribution < -0.4 is 10.1 Å². The monoisotopic (exact) mass is 276 g/mol. The van der Waals surface area contributed by atoms with Crippen molar-refractivity contribution < 1.29 is 4.74 Å². The van der Waals surface area contributed by atoms with Crippen molar-refractivity contribution in [2.24, 2.45) is 5.92 Å². The smallest absolute Gasteiger partial charge is 0.118 e. The number of rotatable bonds is 4. The minimum Gasteiger partial charge on any atom is -0.497 e. The van der Waals surface area contributed by atoms with Crippen LogP contribution in [-0.4, -0.2) is 37.7 Å². The van der Waals surface area contributed by atoms with Gasteiger partial charge in [-0.25, -0.2) is 0 Å². The maximum atomic E-state index is 5.24. The molecule has 1 saturated heterocycles. The van der Waals surface area contributed by atoms with Gasteiger partial charge in [-0.3, -0.25) is 4.90 Å². The summed E-state index contributed by atoms with van der Waals surface area (Å²) in [5, 5.41) is 3.67. The summed E-state index contributed by atoms with van der Waals surface area (Å²) in [6, 6.07) is 9.54. The van der Waals surface area contributed by atoms with Gasteiger partial charge in [-0.2, -0.15) is 0 Å². The zero-order chi connectivity index (χ0) is 14.5. The Labute approximate surface area is 123 Å². The van der Waals surface area contributed by atoms with E-state index in [2.05, 4.69) is 55.3 Å². The minimum absolute atomic E-state index is 0.460. The van der Waals surface area contributed by atoms with Gasteiger partial charge in [0.15, 0.2) is 0 Å². The van der Waals surface area contributed by atoms with E-state index < -0.39 is 0 Å². The fraction of sp³-hybridized carbons (Fsp3) is 0.647. The van der Waals surface area contributed by atoms with Gasteiger partial charge >= 0.3 is 0 Å². The Morgan fingerprint density at radius 2 is 1.90 bits per heavy atom. The fourth-order valence-electron chi connectivity index (χ4n) is 2.87. The zero-order valence-corrected chi connectivity index (χ0v) is 13.2. The van der Waals surface area contributed by atoms with Gasteiger partial charge in [0.1, 0.15) is 5.75 Å². The van der Waals surface area contributed by atoms with Crippen LogP contribution in [0.15, 0.2) is 24.3 Å². The van der Waals surface area contributed by atoms with E-state index in [0.29, 0.717) is 18.0 Å². The molecule has 2 rings (SSSR count). The summed E-state index contributed by atoms with van der Waals surface area (Å²) >= 11 is 0. The van der Waals surface area contributed by atoms with E-state index in [-0.39, 0.29) is 0 Å². The van der Waals surface area contributed by atoms with Crippen molar-refractivity contribution >= 4 is 0 Å². The molecule has 1 fully saturated rings. The van der Waals surface area contributed by atoms with Gasteiger partial charge in [-0.15, -0.1) is 0 Å². The van der Waals surface area contributed by atoms with E-state index >= 15 is 0 Å². The van der Waals surface area contributed by atoms with Crippen molar-refractivity contribution in [2.45, 2.75) is 39.3 Å². The van der Waals surface area contributed by atoms with Crippen LogP contribution in [0.2, 0.25) is 0 Å². The maximum Gasteiger partial charge on any atom is 0.118 e. The molecule has 1 aliphatic heterocycles. The van der Waals surface area contributed by atoms with E-state index in [9.17, 15) is 0 Å². The number of methoxy groups -OCH3 is 1. The van der Waals surface area contributed by atoms with Crippen molar-refractivity contribution in [1.29, 1.82) is 0 Å². The van der Waals surface area contributed by atoms with Crippen LogP contribution in [0, 0.1) is 5.92 Å². The van der Waals surface area contributed by atoms with Gasteiger partial charge in [0, 0.05) is 25.2 Å². The van der Waals surface area contributed by atoms with Crippen LogP contribution in [0.4, 0.5) is 0 Å². The van der Waals surface area contributed by atoms with Gasteiger partial charge < -0.3 is 10.1 Å². The fourth-order valence-corrected chi connectivity index (χ4v) is 2.87. The van der Waals surface area contributed by atoms with E-state index in [4.69, 9.17) is 4.74 Å². The van der Waals surface area contributed by atoms with Crippen LogP contribution in [0.25, 0.3) is 0 Å². The number of benzene rings is 1. The van der Waals surface area contributed by atoms with Gasteiger partial charge in [0.2, 0.25) is 0 Å². The normalized spacial score (nSPS) is 22.6. The van der Waals surface area contributed by atoms with Gasteiger partial charge in [0.25, 0.3) is 0 Å². The summed E-state index contributed by atoms with van der Waals surface area (Å²) in [7, 11) is 1.71. The molecule has 0 bridgehead atoms. The summed E-state index contributed by atoms with van der Waals surface area (Å²) in [6.07, 6.45) is 1.23. The lowest BCUT2D eigenvalue weighted by molar-refractivity contribution is 0.192. The Morgan fingerprint density at radius 1 is 1.20 bits per heavy atom. The molecule has 1 heterocycles. The number of ether oxygens (including phenoxy) is 1. The molecule has 2 atom stereocenters. The van der Waals surface area contributed by atoms with Gasteiger partial charge in [-0.05, 0) is 43.5 Å². The molecule has 1 N–H and O–H groups in total. The largest absolute Gasteiger partial charge is 0.497 e. The molecule has 1 aliphatic rings. The zero-order valence-electron chi connectivity index (χ0n) is 13.2. The highest BCUT2D eigenvalue weighted by Gasteiger charge is 2.24. The van der Waals surface area contributed by atoms with Crippen molar-refractivity contribution in [3.05, 3.63) is 29.8 Å². The molecule has 0 spiro atoms. The first-order valence-corrected chi connectivity index (χ1v) is 7.73. The molecule has 2 unspecified atom stereocenters. The molecule has 0 saturated carbocycles. The molecule has 1 aromatic rings. The first kappa shape index (κ1) is 15.3. The second-order valence-electron chi connectivity index (χ2n) is 6.10. The van der Waals surface area contributed by atoms with Crippen LogP contribution in [0.1, 0.15) is 38.8 Å². The predicted octanol–water partition coefficient (Wildman–Crippen LogP) is 3.08. The number of hydrogen-bond donors (Lipinski definition) is 1. The Kier molecular flexibility index (Phi) is 5.44. The number of nitrogens with one attached hydrogen (secondary N) is 1. The molecule has 0 aromatic heterocycles. The lowest BCUT2D eigenvalue weighted by Gasteiger charge is -2.32. The van der Waals surface area contributed by atoms with Crippen molar-refractivity contribution in [3.63, 3.8) is 0 Å². The molecule has 1 aromatic carbocycles. The quantitative estimate of drug-likeness (QED) is 0.914. The maximum absolute atomic E-state index is 5.24. The third-order valence-electron chi connectivity index (χ3n) is 4.41. The summed E-state index contributed by atoms with van der Waals surface area (Å²) in [5.74, 6) is 1.61. The SMILES string of the molecule is COc1ccc(C(C)N2CCCNC(C(C)C)C2)cc1. The lowest BCUT2D eigenvalue weighted by atomic mass is 10.0. The summed E-state index contributed by atoms with van der Waals surface area (Å²) in [5.41, 5.74) is 1.37. The Bertz CT molecular complexity index is 402. The average molecular weight is 276 g/mol. The van der Waals surface area contributed by atoms with Crippen LogP contribution in [-0.2, 0) is 0 Å². The molecular weight excluding hydrogens is 248 g/mol. The van der Waals surface area contributed by atoms with E-state index in [0.717, 1.165) is 18.8 Å². The third-order valence-corrected chi connectivity index (χ3v) is 4.41. The van der Waals surface area contributed by atoms with Gasteiger partial charge in [0.05, 0.1) is 7.11 Å². The minimum atomic E-state index is 0.460. The molecule has 0 amide bonds. The van der Waals surface area contributed by atoms with Crippen molar-refractivity contribution in [1.82, 2.24) is 10.2 Å². The second-order valence-corrected chi connectivity index (χ2v) is 6.10. The van der Waals surface area contributed by atoms with Crippen molar-refractivity contribution in [2.75, 3.05) is 26.7 Å². The third kappa shape index (κ3) is 3.74. The molecule has 112 valence electrons. The lowest BCUT2D eigenvalue weighted by Crippen LogP contribution is -2.42. The van der Waals surface area contributed by atoms with Gasteiger partial charge in [-0.1, -0.05) is 26.0 Å². The molecule has 3 heteroatoms. The molecule has 0 radical (unpaired) electrons. The molecule has 0 aliphatic carbocycles. The number of nitrogens with zero attached hydrogens (tertiary/aromatic N) is 1. The first-order chi connectivity index (χ1) is 9.61. The Morgan fingerprint density at radius 3 is 2.50 bits per heavy atom. The standard InChI is InChI=1S/C17H28N2O/c1-13(2)17-12-19(11-5-10-18-17)14(3)15-6-8-16(20-4)9-7-15/h6-9,13-14,17-18H,5,10-12H2,1-4H3. The topological polar surface area (TPSA) is 24.5 Å². The van der Waals surface area contributed by atoms with Crippen LogP contribution in [0.3, 0.4) is 0 Å². The molecule has 3 nitrogen and oxygen atoms in total.